The fourth-order valence-corrected chi connectivity index (χ4v) is 6.28. The van der Waals surface area contributed by atoms with Crippen LogP contribution in [0.25, 0.3) is 10.2 Å². The van der Waals surface area contributed by atoms with Crippen molar-refractivity contribution in [3.05, 3.63) is 52.2 Å². The van der Waals surface area contributed by atoms with Crippen LogP contribution in [-0.4, -0.2) is 61.3 Å². The summed E-state index contributed by atoms with van der Waals surface area (Å²) < 4.78 is 5.28. The van der Waals surface area contributed by atoms with E-state index in [2.05, 4.69) is 40.1 Å². The second-order valence-corrected chi connectivity index (χ2v) is 10.1. The molecule has 3 aromatic rings. The molecule has 5 rings (SSSR count). The van der Waals surface area contributed by atoms with E-state index in [1.165, 1.54) is 53.7 Å². The van der Waals surface area contributed by atoms with Crippen molar-refractivity contribution < 1.29 is 4.74 Å². The summed E-state index contributed by atoms with van der Waals surface area (Å²) in [5.74, 6) is 2.19. The zero-order chi connectivity index (χ0) is 21.8. The van der Waals surface area contributed by atoms with Gasteiger partial charge in [-0.1, -0.05) is 36.8 Å². The lowest BCUT2D eigenvalue weighted by Crippen LogP contribution is -2.47. The molecule has 2 aliphatic rings. The highest BCUT2D eigenvalue weighted by molar-refractivity contribution is 7.19. The average Bonchev–Trinajstić information content (AvgIpc) is 3.02. The summed E-state index contributed by atoms with van der Waals surface area (Å²) in [5, 5.41) is 1.36. The van der Waals surface area contributed by atoms with E-state index in [9.17, 15) is 0 Å². The van der Waals surface area contributed by atoms with Crippen LogP contribution in [0.2, 0.25) is 0 Å². The summed E-state index contributed by atoms with van der Waals surface area (Å²) >= 11 is 1.93. The Bertz CT molecular complexity index is 1030. The van der Waals surface area contributed by atoms with Crippen molar-refractivity contribution >= 4 is 27.4 Å². The number of hydrogen-bond acceptors (Lipinski definition) is 6. The van der Waals surface area contributed by atoms with E-state index < -0.39 is 0 Å². The smallest absolute Gasteiger partial charge is 0.141 e. The minimum Gasteiger partial charge on any atom is -0.383 e. The number of benzene rings is 1. The van der Waals surface area contributed by atoms with Crippen LogP contribution >= 0.6 is 11.3 Å². The Morgan fingerprint density at radius 2 is 1.75 bits per heavy atom. The molecule has 1 aliphatic heterocycles. The Labute approximate surface area is 195 Å². The molecule has 32 heavy (non-hydrogen) atoms. The quantitative estimate of drug-likeness (QED) is 0.495. The standard InChI is InChI=1S/C26H34N4OS/c1-31-19-18-29-14-16-30(17-15-29)25-24-21-10-6-3-7-11-22(21)32-26(24)28-23(27-25)13-12-20-8-4-2-5-9-20/h2,4-5,8-9H,3,6-7,10-19H2,1H3. The van der Waals surface area contributed by atoms with Crippen molar-refractivity contribution in [2.45, 2.75) is 44.9 Å². The van der Waals surface area contributed by atoms with Crippen LogP contribution in [0.5, 0.6) is 0 Å². The Kier molecular flexibility index (Phi) is 7.00. The molecular formula is C26H34N4OS. The van der Waals surface area contributed by atoms with Crippen LogP contribution in [-0.2, 0) is 30.4 Å². The number of fused-ring (bicyclic) bond motifs is 3. The first-order valence-electron chi connectivity index (χ1n) is 12.1. The predicted octanol–water partition coefficient (Wildman–Crippen LogP) is 4.51. The van der Waals surface area contributed by atoms with Crippen LogP contribution in [0, 0.1) is 0 Å². The van der Waals surface area contributed by atoms with Gasteiger partial charge >= 0.3 is 0 Å². The van der Waals surface area contributed by atoms with Gasteiger partial charge in [0, 0.05) is 51.1 Å². The van der Waals surface area contributed by atoms with Gasteiger partial charge < -0.3 is 9.64 Å². The van der Waals surface area contributed by atoms with Gasteiger partial charge in [-0.15, -0.1) is 11.3 Å². The number of nitrogens with zero attached hydrogens (tertiary/aromatic N) is 4. The SMILES string of the molecule is COCCN1CCN(c2nc(CCc3ccccc3)nc3sc4c(c23)CCCCC4)CC1. The van der Waals surface area contributed by atoms with Gasteiger partial charge in [0.1, 0.15) is 16.5 Å². The Balaban J connectivity index is 1.45. The van der Waals surface area contributed by atoms with Gasteiger partial charge in [-0.2, -0.15) is 0 Å². The number of thiophene rings is 1. The average molecular weight is 451 g/mol. The predicted molar refractivity (Wildman–Crippen MR) is 133 cm³/mol. The van der Waals surface area contributed by atoms with E-state index in [0.29, 0.717) is 0 Å². The van der Waals surface area contributed by atoms with E-state index in [-0.39, 0.29) is 0 Å². The first-order valence-corrected chi connectivity index (χ1v) is 12.9. The molecule has 0 saturated carbocycles. The Morgan fingerprint density at radius 1 is 0.938 bits per heavy atom. The molecule has 0 amide bonds. The van der Waals surface area contributed by atoms with Crippen LogP contribution < -0.4 is 4.90 Å². The van der Waals surface area contributed by atoms with Gasteiger partial charge in [-0.05, 0) is 43.2 Å². The summed E-state index contributed by atoms with van der Waals surface area (Å²) in [7, 11) is 1.78. The second-order valence-electron chi connectivity index (χ2n) is 9.02. The number of ether oxygens (including phenoxy) is 1. The van der Waals surface area contributed by atoms with E-state index in [1.54, 1.807) is 17.6 Å². The molecule has 1 saturated heterocycles. The number of aryl methyl sites for hydroxylation is 4. The van der Waals surface area contributed by atoms with Gasteiger partial charge in [-0.25, -0.2) is 9.97 Å². The van der Waals surface area contributed by atoms with Crippen molar-refractivity contribution in [3.8, 4) is 0 Å². The lowest BCUT2D eigenvalue weighted by Gasteiger charge is -2.35. The molecule has 1 fully saturated rings. The first-order chi connectivity index (χ1) is 15.8. The summed E-state index contributed by atoms with van der Waals surface area (Å²) in [6.45, 7) is 6.01. The summed E-state index contributed by atoms with van der Waals surface area (Å²) in [5.41, 5.74) is 2.90. The van der Waals surface area contributed by atoms with Gasteiger partial charge in [-0.3, -0.25) is 4.90 Å². The van der Waals surface area contributed by atoms with E-state index >= 15 is 0 Å². The molecule has 0 bridgehead atoms. The number of rotatable bonds is 7. The first kappa shape index (κ1) is 21.8. The molecule has 170 valence electrons. The van der Waals surface area contributed by atoms with Crippen LogP contribution in [0.15, 0.2) is 30.3 Å². The number of anilines is 1. The molecule has 0 radical (unpaired) electrons. The van der Waals surface area contributed by atoms with Gasteiger partial charge in [0.25, 0.3) is 0 Å². The Morgan fingerprint density at radius 3 is 2.56 bits per heavy atom. The molecule has 5 nitrogen and oxygen atoms in total. The van der Waals surface area contributed by atoms with Crippen LogP contribution in [0.4, 0.5) is 5.82 Å². The fraction of sp³-hybridized carbons (Fsp3) is 0.538. The van der Waals surface area contributed by atoms with Gasteiger partial charge in [0.05, 0.1) is 12.0 Å². The lowest BCUT2D eigenvalue weighted by molar-refractivity contribution is 0.144. The second kappa shape index (κ2) is 10.3. The van der Waals surface area contributed by atoms with Crippen molar-refractivity contribution in [2.24, 2.45) is 0 Å². The maximum Gasteiger partial charge on any atom is 0.141 e. The molecular weight excluding hydrogens is 416 g/mol. The van der Waals surface area contributed by atoms with Crippen molar-refractivity contribution in [1.29, 1.82) is 0 Å². The maximum absolute atomic E-state index is 5.28. The molecule has 2 aromatic heterocycles. The summed E-state index contributed by atoms with van der Waals surface area (Å²) in [6.07, 6.45) is 8.21. The number of piperazine rings is 1. The maximum atomic E-state index is 5.28. The Hall–Kier alpha value is -2.02. The van der Waals surface area contributed by atoms with Crippen LogP contribution in [0.3, 0.4) is 0 Å². The lowest BCUT2D eigenvalue weighted by atomic mass is 10.1. The zero-order valence-electron chi connectivity index (χ0n) is 19.2. The third kappa shape index (κ3) is 4.82. The van der Waals surface area contributed by atoms with Crippen molar-refractivity contribution in [3.63, 3.8) is 0 Å². The number of aromatic nitrogens is 2. The van der Waals surface area contributed by atoms with E-state index in [1.807, 2.05) is 11.3 Å². The van der Waals surface area contributed by atoms with Gasteiger partial charge in [0.15, 0.2) is 0 Å². The van der Waals surface area contributed by atoms with Crippen molar-refractivity contribution in [2.75, 3.05) is 51.3 Å². The molecule has 1 aromatic carbocycles. The number of methoxy groups -OCH3 is 1. The van der Waals surface area contributed by atoms with E-state index in [4.69, 9.17) is 14.7 Å². The highest BCUT2D eigenvalue weighted by atomic mass is 32.1. The molecule has 0 unspecified atom stereocenters. The molecule has 6 heteroatoms. The van der Waals surface area contributed by atoms with E-state index in [0.717, 1.165) is 58.0 Å². The highest BCUT2D eigenvalue weighted by Crippen LogP contribution is 2.39. The minimum absolute atomic E-state index is 0.805. The third-order valence-electron chi connectivity index (χ3n) is 6.86. The molecule has 0 spiro atoms. The molecule has 3 heterocycles. The van der Waals surface area contributed by atoms with Crippen LogP contribution in [0.1, 0.15) is 41.1 Å². The summed E-state index contributed by atoms with van der Waals surface area (Å²) in [4.78, 5) is 18.1. The normalized spacial score (nSPS) is 17.5. The molecule has 1 aliphatic carbocycles. The monoisotopic (exact) mass is 450 g/mol. The molecule has 0 atom stereocenters. The topological polar surface area (TPSA) is 41.5 Å². The highest BCUT2D eigenvalue weighted by Gasteiger charge is 2.25. The zero-order valence-corrected chi connectivity index (χ0v) is 20.0. The minimum atomic E-state index is 0.805. The fourth-order valence-electron chi connectivity index (χ4n) is 5.00. The molecule has 0 N–H and O–H groups in total. The van der Waals surface area contributed by atoms with Gasteiger partial charge in [0.2, 0.25) is 0 Å². The third-order valence-corrected chi connectivity index (χ3v) is 8.04. The number of hydrogen-bond donors (Lipinski definition) is 0. The summed E-state index contributed by atoms with van der Waals surface area (Å²) in [6, 6.07) is 10.7. The van der Waals surface area contributed by atoms with Crippen molar-refractivity contribution in [1.82, 2.24) is 14.9 Å². The largest absolute Gasteiger partial charge is 0.383 e.